The van der Waals surface area contributed by atoms with E-state index in [0.29, 0.717) is 5.56 Å². The lowest BCUT2D eigenvalue weighted by atomic mass is 10.0. The van der Waals surface area contributed by atoms with Gasteiger partial charge >= 0.3 is 11.9 Å². The number of phenols is 1. The van der Waals surface area contributed by atoms with E-state index in [4.69, 9.17) is 10.8 Å². The van der Waals surface area contributed by atoms with Gasteiger partial charge in [0.1, 0.15) is 23.9 Å². The maximum Gasteiger partial charge on any atom is 0.326 e. The third-order valence-corrected chi connectivity index (χ3v) is 5.39. The Morgan fingerprint density at radius 1 is 0.757 bits per heavy atom. The van der Waals surface area contributed by atoms with Crippen LogP contribution in [0.1, 0.15) is 24.5 Å². The molecule has 0 spiro atoms. The molecule has 0 heterocycles. The van der Waals surface area contributed by atoms with E-state index in [0.717, 1.165) is 5.56 Å². The summed E-state index contributed by atoms with van der Waals surface area (Å²) in [4.78, 5) is 60.5. The summed E-state index contributed by atoms with van der Waals surface area (Å²) in [6.07, 6.45) is -0.731. The Morgan fingerprint density at radius 2 is 1.32 bits per heavy atom. The summed E-state index contributed by atoms with van der Waals surface area (Å²) >= 11 is 0. The summed E-state index contributed by atoms with van der Waals surface area (Å²) in [7, 11) is 0. The predicted octanol–water partition coefficient (Wildman–Crippen LogP) is -0.462. The molecule has 8 N–H and O–H groups in total. The molecule has 3 amide bonds. The Morgan fingerprint density at radius 3 is 1.89 bits per heavy atom. The van der Waals surface area contributed by atoms with Crippen LogP contribution in [0.25, 0.3) is 0 Å². The van der Waals surface area contributed by atoms with E-state index in [9.17, 15) is 34.2 Å². The van der Waals surface area contributed by atoms with Gasteiger partial charge in [-0.1, -0.05) is 42.5 Å². The van der Waals surface area contributed by atoms with Crippen LogP contribution in [0.5, 0.6) is 5.75 Å². The zero-order valence-electron chi connectivity index (χ0n) is 20.1. The van der Waals surface area contributed by atoms with E-state index < -0.39 is 60.2 Å². The molecule has 0 fully saturated rings. The summed E-state index contributed by atoms with van der Waals surface area (Å²) in [5.41, 5.74) is 7.31. The van der Waals surface area contributed by atoms with E-state index >= 15 is 0 Å². The average Bonchev–Trinajstić information content (AvgIpc) is 2.84. The Labute approximate surface area is 212 Å². The summed E-state index contributed by atoms with van der Waals surface area (Å²) in [5.74, 6) is -5.28. The third kappa shape index (κ3) is 9.61. The molecule has 0 aliphatic heterocycles. The molecule has 2 aromatic rings. The molecular weight excluding hydrogens is 484 g/mol. The number of carbonyl (C=O) groups excluding carboxylic acids is 3. The number of hydrogen-bond acceptors (Lipinski definition) is 7. The molecule has 0 aromatic heterocycles. The van der Waals surface area contributed by atoms with Crippen LogP contribution in [0.3, 0.4) is 0 Å². The molecule has 0 saturated heterocycles. The lowest BCUT2D eigenvalue weighted by Crippen LogP contribution is -2.57. The fourth-order valence-corrected chi connectivity index (χ4v) is 3.37. The number of nitrogens with one attached hydrogen (secondary N) is 3. The van der Waals surface area contributed by atoms with Crippen molar-refractivity contribution in [3.63, 3.8) is 0 Å². The van der Waals surface area contributed by atoms with E-state index in [-0.39, 0.29) is 18.6 Å². The number of aliphatic carboxylic acids is 2. The standard InChI is InChI=1S/C25H30N4O8/c1-14(27-23(34)18(26)11-15-5-3-2-4-6-15)22(33)28-19(12-16-7-9-17(30)10-8-16)24(35)29-20(25(36)37)13-21(31)32/h2-10,14,18-20,30H,11-13,26H2,1H3,(H,27,34)(H,28,33)(H,29,35)(H,31,32)(H,36,37). The molecule has 2 aromatic carbocycles. The number of carboxylic acid groups (broad SMARTS) is 2. The van der Waals surface area contributed by atoms with Crippen LogP contribution in [0.2, 0.25) is 0 Å². The van der Waals surface area contributed by atoms with Gasteiger partial charge in [0.05, 0.1) is 12.5 Å². The van der Waals surface area contributed by atoms with Crippen LogP contribution in [0, 0.1) is 0 Å². The topological polar surface area (TPSA) is 208 Å². The molecule has 12 nitrogen and oxygen atoms in total. The number of carboxylic acids is 2. The van der Waals surface area contributed by atoms with Crippen molar-refractivity contribution in [2.24, 2.45) is 5.73 Å². The van der Waals surface area contributed by atoms with Crippen molar-refractivity contribution in [3.8, 4) is 5.75 Å². The second kappa shape index (κ2) is 13.6. The van der Waals surface area contributed by atoms with Crippen molar-refractivity contribution in [1.29, 1.82) is 0 Å². The highest BCUT2D eigenvalue weighted by Crippen LogP contribution is 2.12. The predicted molar refractivity (Wildman–Crippen MR) is 131 cm³/mol. The quantitative estimate of drug-likeness (QED) is 0.184. The Bertz CT molecular complexity index is 1110. The second-order valence-electron chi connectivity index (χ2n) is 8.46. The molecule has 0 aliphatic rings. The molecule has 0 bridgehead atoms. The maximum atomic E-state index is 12.9. The highest BCUT2D eigenvalue weighted by Gasteiger charge is 2.30. The van der Waals surface area contributed by atoms with Gasteiger partial charge in [-0.3, -0.25) is 19.2 Å². The van der Waals surface area contributed by atoms with Gasteiger partial charge in [-0.25, -0.2) is 4.79 Å². The van der Waals surface area contributed by atoms with E-state index in [1.165, 1.54) is 31.2 Å². The molecule has 0 aliphatic carbocycles. The average molecular weight is 515 g/mol. The summed E-state index contributed by atoms with van der Waals surface area (Å²) in [6, 6.07) is 9.73. The molecular formula is C25H30N4O8. The fraction of sp³-hybridized carbons (Fsp3) is 0.320. The van der Waals surface area contributed by atoms with Crippen LogP contribution in [0.4, 0.5) is 0 Å². The van der Waals surface area contributed by atoms with Crippen LogP contribution < -0.4 is 21.7 Å². The molecule has 12 heteroatoms. The zero-order chi connectivity index (χ0) is 27.5. The first kappa shape index (κ1) is 28.8. The molecule has 198 valence electrons. The monoisotopic (exact) mass is 514 g/mol. The number of carbonyl (C=O) groups is 5. The van der Waals surface area contributed by atoms with Crippen molar-refractivity contribution in [1.82, 2.24) is 16.0 Å². The largest absolute Gasteiger partial charge is 0.508 e. The third-order valence-electron chi connectivity index (χ3n) is 5.39. The first-order chi connectivity index (χ1) is 17.5. The lowest BCUT2D eigenvalue weighted by molar-refractivity contribution is -0.147. The van der Waals surface area contributed by atoms with Gasteiger partial charge in [-0.2, -0.15) is 0 Å². The number of aromatic hydroxyl groups is 1. The minimum atomic E-state index is -1.72. The van der Waals surface area contributed by atoms with Gasteiger partial charge in [0.2, 0.25) is 17.7 Å². The minimum absolute atomic E-state index is 0.0237. The Balaban J connectivity index is 2.10. The van der Waals surface area contributed by atoms with Gasteiger partial charge in [-0.05, 0) is 36.6 Å². The number of hydrogen-bond donors (Lipinski definition) is 7. The lowest BCUT2D eigenvalue weighted by Gasteiger charge is -2.23. The zero-order valence-corrected chi connectivity index (χ0v) is 20.1. The first-order valence-corrected chi connectivity index (χ1v) is 11.4. The molecule has 0 radical (unpaired) electrons. The smallest absolute Gasteiger partial charge is 0.326 e. The fourth-order valence-electron chi connectivity index (χ4n) is 3.37. The first-order valence-electron chi connectivity index (χ1n) is 11.4. The highest BCUT2D eigenvalue weighted by molar-refractivity contribution is 5.94. The normalized spacial score (nSPS) is 13.9. The van der Waals surface area contributed by atoms with Crippen LogP contribution in [0.15, 0.2) is 54.6 Å². The van der Waals surface area contributed by atoms with Crippen molar-refractivity contribution in [2.75, 3.05) is 0 Å². The Kier molecular flexibility index (Phi) is 10.6. The van der Waals surface area contributed by atoms with Crippen LogP contribution in [-0.4, -0.2) is 69.1 Å². The molecule has 4 unspecified atom stereocenters. The summed E-state index contributed by atoms with van der Waals surface area (Å²) in [6.45, 7) is 1.39. The second-order valence-corrected chi connectivity index (χ2v) is 8.46. The number of benzene rings is 2. The van der Waals surface area contributed by atoms with Crippen LogP contribution >= 0.6 is 0 Å². The van der Waals surface area contributed by atoms with Gasteiger partial charge in [0.15, 0.2) is 0 Å². The minimum Gasteiger partial charge on any atom is -0.508 e. The molecule has 37 heavy (non-hydrogen) atoms. The number of nitrogens with two attached hydrogens (primary N) is 1. The van der Waals surface area contributed by atoms with E-state index in [1.807, 2.05) is 18.2 Å². The molecule has 0 saturated carbocycles. The van der Waals surface area contributed by atoms with E-state index in [1.54, 1.807) is 12.1 Å². The van der Waals surface area contributed by atoms with Crippen molar-refractivity contribution in [3.05, 3.63) is 65.7 Å². The van der Waals surface area contributed by atoms with Gasteiger partial charge < -0.3 is 37.0 Å². The SMILES string of the molecule is CC(NC(=O)C(N)Cc1ccccc1)C(=O)NC(Cc1ccc(O)cc1)C(=O)NC(CC(=O)O)C(=O)O. The van der Waals surface area contributed by atoms with Crippen molar-refractivity contribution >= 4 is 29.7 Å². The Hall–Kier alpha value is -4.45. The summed E-state index contributed by atoms with van der Waals surface area (Å²) < 4.78 is 0. The van der Waals surface area contributed by atoms with Gasteiger partial charge in [0, 0.05) is 6.42 Å². The number of rotatable bonds is 13. The number of amides is 3. The van der Waals surface area contributed by atoms with Gasteiger partial charge in [0.25, 0.3) is 0 Å². The highest BCUT2D eigenvalue weighted by atomic mass is 16.4. The van der Waals surface area contributed by atoms with Crippen molar-refractivity contribution in [2.45, 2.75) is 50.4 Å². The van der Waals surface area contributed by atoms with Gasteiger partial charge in [-0.15, -0.1) is 0 Å². The van der Waals surface area contributed by atoms with Crippen LogP contribution in [-0.2, 0) is 36.8 Å². The molecule has 2 rings (SSSR count). The number of phenolic OH excluding ortho intramolecular Hbond substituents is 1. The van der Waals surface area contributed by atoms with Crippen molar-refractivity contribution < 1.29 is 39.3 Å². The maximum absolute atomic E-state index is 12.9. The van der Waals surface area contributed by atoms with E-state index in [2.05, 4.69) is 16.0 Å². The summed E-state index contributed by atoms with van der Waals surface area (Å²) in [5, 5.41) is 34.7. The molecule has 4 atom stereocenters.